The molecule has 1 atom stereocenters. The van der Waals surface area contributed by atoms with Crippen LogP contribution in [0.25, 0.3) is 0 Å². The summed E-state index contributed by atoms with van der Waals surface area (Å²) in [6.45, 7) is 4.96. The third kappa shape index (κ3) is 3.90. The van der Waals surface area contributed by atoms with Crippen LogP contribution in [0.15, 0.2) is 29.8 Å². The van der Waals surface area contributed by atoms with Gasteiger partial charge in [0, 0.05) is 0 Å². The number of hydrogen-bond acceptors (Lipinski definition) is 1. The fraction of sp³-hybridized carbons (Fsp3) is 0.529. The zero-order valence-corrected chi connectivity index (χ0v) is 12.0. The van der Waals surface area contributed by atoms with Crippen molar-refractivity contribution in [1.29, 1.82) is 0 Å². The third-order valence-electron chi connectivity index (χ3n) is 3.75. The predicted molar refractivity (Wildman–Crippen MR) is 78.7 cm³/mol. The van der Waals surface area contributed by atoms with E-state index in [9.17, 15) is 4.39 Å². The van der Waals surface area contributed by atoms with Crippen LogP contribution < -0.4 is 5.32 Å². The van der Waals surface area contributed by atoms with E-state index in [2.05, 4.69) is 24.4 Å². The molecule has 19 heavy (non-hydrogen) atoms. The Labute approximate surface area is 115 Å². The van der Waals surface area contributed by atoms with Crippen molar-refractivity contribution in [1.82, 2.24) is 5.32 Å². The van der Waals surface area contributed by atoms with E-state index in [1.54, 1.807) is 12.1 Å². The molecule has 1 aromatic carbocycles. The van der Waals surface area contributed by atoms with Crippen LogP contribution in [0.3, 0.4) is 0 Å². The van der Waals surface area contributed by atoms with Gasteiger partial charge in [-0.05, 0) is 62.4 Å². The molecule has 0 saturated carbocycles. The zero-order valence-electron chi connectivity index (χ0n) is 12.0. The molecule has 0 heterocycles. The molecule has 104 valence electrons. The molecule has 1 N–H and O–H groups in total. The lowest BCUT2D eigenvalue weighted by molar-refractivity contribution is 0.577. The van der Waals surface area contributed by atoms with Crippen LogP contribution in [0.2, 0.25) is 0 Å². The largest absolute Gasteiger partial charge is 0.307 e. The number of aryl methyl sites for hydroxylation is 1. The summed E-state index contributed by atoms with van der Waals surface area (Å²) >= 11 is 0. The van der Waals surface area contributed by atoms with Crippen LogP contribution in [0.4, 0.5) is 4.39 Å². The van der Waals surface area contributed by atoms with Gasteiger partial charge >= 0.3 is 0 Å². The molecule has 0 aromatic heterocycles. The van der Waals surface area contributed by atoms with Gasteiger partial charge < -0.3 is 5.32 Å². The van der Waals surface area contributed by atoms with Gasteiger partial charge in [-0.25, -0.2) is 4.39 Å². The summed E-state index contributed by atoms with van der Waals surface area (Å²) in [6, 6.07) is 5.54. The van der Waals surface area contributed by atoms with Crippen molar-refractivity contribution in [3.63, 3.8) is 0 Å². The lowest BCUT2D eigenvalue weighted by Crippen LogP contribution is -2.23. The molecule has 2 heteroatoms. The normalized spacial score (nSPS) is 17.7. The number of allylic oxidation sites excluding steroid dienone is 1. The van der Waals surface area contributed by atoms with E-state index >= 15 is 0 Å². The monoisotopic (exact) mass is 261 g/mol. The Hall–Kier alpha value is -1.15. The quantitative estimate of drug-likeness (QED) is 0.776. The highest BCUT2D eigenvalue weighted by molar-refractivity contribution is 5.32. The first kappa shape index (κ1) is 14.3. The number of likely N-dealkylation sites (N-methyl/N-ethyl adjacent to an activating group) is 1. The molecule has 2 rings (SSSR count). The van der Waals surface area contributed by atoms with Gasteiger partial charge in [0.25, 0.3) is 0 Å². The van der Waals surface area contributed by atoms with Crippen molar-refractivity contribution in [3.05, 3.63) is 46.8 Å². The molecule has 1 aromatic rings. The van der Waals surface area contributed by atoms with Crippen molar-refractivity contribution in [2.24, 2.45) is 0 Å². The fourth-order valence-electron chi connectivity index (χ4n) is 2.90. The highest BCUT2D eigenvalue weighted by atomic mass is 19.1. The van der Waals surface area contributed by atoms with Crippen molar-refractivity contribution in [2.45, 2.75) is 52.0 Å². The maximum atomic E-state index is 13.6. The number of benzene rings is 1. The minimum atomic E-state index is -0.132. The first-order valence-corrected chi connectivity index (χ1v) is 7.40. The zero-order chi connectivity index (χ0) is 13.7. The summed E-state index contributed by atoms with van der Waals surface area (Å²) in [5, 5.41) is 3.52. The van der Waals surface area contributed by atoms with Gasteiger partial charge in [-0.3, -0.25) is 0 Å². The topological polar surface area (TPSA) is 12.0 Å². The third-order valence-corrected chi connectivity index (χ3v) is 3.75. The van der Waals surface area contributed by atoms with E-state index in [1.165, 1.54) is 24.8 Å². The van der Waals surface area contributed by atoms with Gasteiger partial charge in [0.05, 0.1) is 6.04 Å². The van der Waals surface area contributed by atoms with Gasteiger partial charge in [-0.2, -0.15) is 0 Å². The highest BCUT2D eigenvalue weighted by Gasteiger charge is 2.17. The van der Waals surface area contributed by atoms with Crippen LogP contribution >= 0.6 is 0 Å². The summed E-state index contributed by atoms with van der Waals surface area (Å²) in [7, 11) is 0. The Morgan fingerprint density at radius 3 is 2.79 bits per heavy atom. The predicted octanol–water partition coefficient (Wildman–Crippen LogP) is 4.68. The van der Waals surface area contributed by atoms with Crippen LogP contribution in [0.1, 0.15) is 56.2 Å². The maximum Gasteiger partial charge on any atom is 0.123 e. The molecule has 0 aliphatic heterocycles. The SMILES string of the molecule is CCNC(C1=CCCCCC1)c1cc(C)cc(F)c1. The van der Waals surface area contributed by atoms with Gasteiger partial charge in [-0.15, -0.1) is 0 Å². The molecule has 0 fully saturated rings. The van der Waals surface area contributed by atoms with Crippen LogP contribution in [0, 0.1) is 12.7 Å². The Bertz CT molecular complexity index is 430. The molecule has 1 aliphatic carbocycles. The first-order valence-electron chi connectivity index (χ1n) is 7.40. The summed E-state index contributed by atoms with van der Waals surface area (Å²) in [5.74, 6) is -0.132. The smallest absolute Gasteiger partial charge is 0.123 e. The fourth-order valence-corrected chi connectivity index (χ4v) is 2.90. The summed E-state index contributed by atoms with van der Waals surface area (Å²) in [6.07, 6.45) is 8.49. The first-order chi connectivity index (χ1) is 9.20. The Kier molecular flexibility index (Phi) is 5.15. The van der Waals surface area contributed by atoms with E-state index in [0.29, 0.717) is 0 Å². The molecule has 0 saturated heterocycles. The average Bonchev–Trinajstić information content (AvgIpc) is 2.63. The van der Waals surface area contributed by atoms with Gasteiger partial charge in [0.2, 0.25) is 0 Å². The number of halogens is 1. The average molecular weight is 261 g/mol. The molecule has 0 bridgehead atoms. The van der Waals surface area contributed by atoms with E-state index in [-0.39, 0.29) is 11.9 Å². The van der Waals surface area contributed by atoms with Crippen molar-refractivity contribution >= 4 is 0 Å². The Morgan fingerprint density at radius 2 is 2.05 bits per heavy atom. The summed E-state index contributed by atoms with van der Waals surface area (Å²) < 4.78 is 13.6. The highest BCUT2D eigenvalue weighted by Crippen LogP contribution is 2.30. The van der Waals surface area contributed by atoms with E-state index in [1.807, 2.05) is 6.92 Å². The molecule has 0 radical (unpaired) electrons. The molecular formula is C17H24FN. The van der Waals surface area contributed by atoms with Crippen LogP contribution in [-0.4, -0.2) is 6.54 Å². The second kappa shape index (κ2) is 6.85. The minimum Gasteiger partial charge on any atom is -0.307 e. The lowest BCUT2D eigenvalue weighted by atomic mass is 9.94. The molecular weight excluding hydrogens is 237 g/mol. The Balaban J connectivity index is 2.30. The lowest BCUT2D eigenvalue weighted by Gasteiger charge is -2.22. The van der Waals surface area contributed by atoms with Crippen molar-refractivity contribution in [2.75, 3.05) is 6.54 Å². The van der Waals surface area contributed by atoms with Crippen molar-refractivity contribution < 1.29 is 4.39 Å². The second-order valence-electron chi connectivity index (χ2n) is 5.43. The van der Waals surface area contributed by atoms with Crippen LogP contribution in [0.5, 0.6) is 0 Å². The van der Waals surface area contributed by atoms with Gasteiger partial charge in [-0.1, -0.05) is 31.1 Å². The number of rotatable bonds is 4. The summed E-state index contributed by atoms with van der Waals surface area (Å²) in [4.78, 5) is 0. The summed E-state index contributed by atoms with van der Waals surface area (Å²) in [5.41, 5.74) is 3.49. The Morgan fingerprint density at radius 1 is 1.21 bits per heavy atom. The minimum absolute atomic E-state index is 0.132. The molecule has 1 nitrogen and oxygen atoms in total. The molecule has 1 unspecified atom stereocenters. The molecule has 0 spiro atoms. The van der Waals surface area contributed by atoms with Crippen molar-refractivity contribution in [3.8, 4) is 0 Å². The maximum absolute atomic E-state index is 13.6. The van der Waals surface area contributed by atoms with Gasteiger partial charge in [0.1, 0.15) is 5.82 Å². The van der Waals surface area contributed by atoms with E-state index < -0.39 is 0 Å². The standard InChI is InChI=1S/C17H24FN/c1-3-19-17(14-8-6-4-5-7-9-14)15-10-13(2)11-16(18)12-15/h8,10-12,17,19H,3-7,9H2,1-2H3. The number of nitrogens with one attached hydrogen (secondary N) is 1. The van der Waals surface area contributed by atoms with E-state index in [0.717, 1.165) is 30.5 Å². The van der Waals surface area contributed by atoms with Gasteiger partial charge in [0.15, 0.2) is 0 Å². The number of hydrogen-bond donors (Lipinski definition) is 1. The van der Waals surface area contributed by atoms with E-state index in [4.69, 9.17) is 0 Å². The van der Waals surface area contributed by atoms with Crippen LogP contribution in [-0.2, 0) is 0 Å². The molecule has 0 amide bonds. The molecule has 1 aliphatic rings. The second-order valence-corrected chi connectivity index (χ2v) is 5.43.